The van der Waals surface area contributed by atoms with Crippen LogP contribution in [0.3, 0.4) is 0 Å². The zero-order valence-electron chi connectivity index (χ0n) is 14.0. The predicted molar refractivity (Wildman–Crippen MR) is 89.5 cm³/mol. The van der Waals surface area contributed by atoms with Gasteiger partial charge in [-0.2, -0.15) is 0 Å². The van der Waals surface area contributed by atoms with Gasteiger partial charge >= 0.3 is 6.03 Å². The Labute approximate surface area is 133 Å². The van der Waals surface area contributed by atoms with Crippen LogP contribution in [-0.2, 0) is 11.2 Å². The molecular weight excluding hydrogens is 278 g/mol. The summed E-state index contributed by atoms with van der Waals surface area (Å²) in [6.45, 7) is 5.98. The molecule has 0 aliphatic carbocycles. The molecule has 1 N–H and O–H groups in total. The number of benzene rings is 1. The van der Waals surface area contributed by atoms with E-state index in [1.54, 1.807) is 0 Å². The van der Waals surface area contributed by atoms with E-state index in [2.05, 4.69) is 34.5 Å². The van der Waals surface area contributed by atoms with E-state index in [-0.39, 0.29) is 18.2 Å². The highest BCUT2D eigenvalue weighted by molar-refractivity contribution is 5.74. The van der Waals surface area contributed by atoms with Gasteiger partial charge in [-0.05, 0) is 38.0 Å². The fourth-order valence-corrected chi connectivity index (χ4v) is 2.73. The van der Waals surface area contributed by atoms with Crippen molar-refractivity contribution < 1.29 is 9.53 Å². The molecule has 122 valence electrons. The van der Waals surface area contributed by atoms with Crippen LogP contribution in [0.5, 0.6) is 0 Å². The number of ether oxygens (including phenoxy) is 1. The van der Waals surface area contributed by atoms with Crippen LogP contribution in [0.4, 0.5) is 10.5 Å². The van der Waals surface area contributed by atoms with E-state index in [0.717, 1.165) is 6.42 Å². The van der Waals surface area contributed by atoms with Gasteiger partial charge in [0.1, 0.15) is 0 Å². The van der Waals surface area contributed by atoms with Crippen molar-refractivity contribution >= 4 is 11.7 Å². The highest BCUT2D eigenvalue weighted by atomic mass is 16.5. The first-order valence-corrected chi connectivity index (χ1v) is 7.90. The van der Waals surface area contributed by atoms with Gasteiger partial charge in [-0.1, -0.05) is 12.1 Å². The first-order valence-electron chi connectivity index (χ1n) is 7.90. The third kappa shape index (κ3) is 4.63. The average molecular weight is 305 g/mol. The van der Waals surface area contributed by atoms with Crippen LogP contribution in [0.25, 0.3) is 0 Å². The molecule has 0 spiro atoms. The molecule has 1 heterocycles. The summed E-state index contributed by atoms with van der Waals surface area (Å²) in [5.41, 5.74) is 2.42. The molecule has 5 nitrogen and oxygen atoms in total. The summed E-state index contributed by atoms with van der Waals surface area (Å²) in [5.74, 6) is 0. The van der Waals surface area contributed by atoms with E-state index < -0.39 is 0 Å². The van der Waals surface area contributed by atoms with Crippen molar-refractivity contribution in [3.63, 3.8) is 0 Å². The fraction of sp³-hybridized carbons (Fsp3) is 0.588. The minimum absolute atomic E-state index is 0.00640. The Bertz CT molecular complexity index is 477. The number of hydrogen-bond acceptors (Lipinski definition) is 3. The predicted octanol–water partition coefficient (Wildman–Crippen LogP) is 2.11. The first-order chi connectivity index (χ1) is 10.5. The van der Waals surface area contributed by atoms with Crippen LogP contribution < -0.4 is 10.2 Å². The molecule has 1 aromatic carbocycles. The molecule has 1 aliphatic heterocycles. The van der Waals surface area contributed by atoms with Gasteiger partial charge in [0.15, 0.2) is 0 Å². The van der Waals surface area contributed by atoms with Crippen LogP contribution in [0.1, 0.15) is 19.4 Å². The molecule has 2 rings (SSSR count). The molecule has 1 saturated heterocycles. The van der Waals surface area contributed by atoms with Gasteiger partial charge in [0.05, 0.1) is 12.2 Å². The van der Waals surface area contributed by atoms with Crippen molar-refractivity contribution in [2.24, 2.45) is 0 Å². The minimum Gasteiger partial charge on any atom is -0.378 e. The lowest BCUT2D eigenvalue weighted by atomic mass is 10.1. The van der Waals surface area contributed by atoms with Gasteiger partial charge in [0, 0.05) is 39.4 Å². The van der Waals surface area contributed by atoms with Crippen LogP contribution in [0.15, 0.2) is 24.3 Å². The molecule has 1 aromatic rings. The zero-order valence-corrected chi connectivity index (χ0v) is 14.0. The number of nitrogens with one attached hydrogen (secondary N) is 1. The number of carbonyl (C=O) groups excluding carboxylic acids is 1. The summed E-state index contributed by atoms with van der Waals surface area (Å²) < 4.78 is 5.65. The molecule has 0 unspecified atom stereocenters. The second kappa shape index (κ2) is 7.49. The maximum Gasteiger partial charge on any atom is 0.317 e. The summed E-state index contributed by atoms with van der Waals surface area (Å²) in [5, 5.41) is 3.00. The van der Waals surface area contributed by atoms with E-state index in [1.165, 1.54) is 11.3 Å². The van der Waals surface area contributed by atoms with Gasteiger partial charge in [-0.3, -0.25) is 0 Å². The lowest BCUT2D eigenvalue weighted by Gasteiger charge is -2.35. The van der Waals surface area contributed by atoms with Gasteiger partial charge in [-0.25, -0.2) is 4.79 Å². The van der Waals surface area contributed by atoms with Crippen LogP contribution >= 0.6 is 0 Å². The van der Waals surface area contributed by atoms with Crippen LogP contribution in [-0.4, -0.2) is 56.9 Å². The topological polar surface area (TPSA) is 44.8 Å². The Morgan fingerprint density at radius 2 is 1.82 bits per heavy atom. The number of nitrogens with zero attached hydrogens (tertiary/aromatic N) is 2. The molecule has 0 radical (unpaired) electrons. The largest absolute Gasteiger partial charge is 0.378 e. The standard InChI is InChI=1S/C17H27N3O2/c1-13-11-20(12-14(2)22-13)17(21)18-10-9-15-5-7-16(8-6-15)19(3)4/h5-8,13-14H,9-12H2,1-4H3,(H,18,21)/t13-,14-/m1/s1. The normalized spacial score (nSPS) is 21.5. The lowest BCUT2D eigenvalue weighted by Crippen LogP contribution is -2.51. The number of amides is 2. The second-order valence-corrected chi connectivity index (χ2v) is 6.21. The fourth-order valence-electron chi connectivity index (χ4n) is 2.73. The van der Waals surface area contributed by atoms with Gasteiger partial charge in [-0.15, -0.1) is 0 Å². The number of anilines is 1. The highest BCUT2D eigenvalue weighted by Gasteiger charge is 2.25. The first kappa shape index (κ1) is 16.6. The Kier molecular flexibility index (Phi) is 5.66. The van der Waals surface area contributed by atoms with Crippen molar-refractivity contribution in [2.75, 3.05) is 38.6 Å². The van der Waals surface area contributed by atoms with Crippen molar-refractivity contribution in [3.05, 3.63) is 29.8 Å². The summed E-state index contributed by atoms with van der Waals surface area (Å²) in [6, 6.07) is 8.43. The monoisotopic (exact) mass is 305 g/mol. The molecule has 0 aromatic heterocycles. The summed E-state index contributed by atoms with van der Waals surface area (Å²) in [7, 11) is 4.05. The smallest absolute Gasteiger partial charge is 0.317 e. The molecule has 5 heteroatoms. The van der Waals surface area contributed by atoms with E-state index in [0.29, 0.717) is 19.6 Å². The second-order valence-electron chi connectivity index (χ2n) is 6.21. The molecule has 1 aliphatic rings. The van der Waals surface area contributed by atoms with Gasteiger partial charge in [0.25, 0.3) is 0 Å². The summed E-state index contributed by atoms with van der Waals surface area (Å²) in [6.07, 6.45) is 1.05. The Hall–Kier alpha value is -1.75. The van der Waals surface area contributed by atoms with Crippen molar-refractivity contribution in [1.29, 1.82) is 0 Å². The Morgan fingerprint density at radius 3 is 2.36 bits per heavy atom. The van der Waals surface area contributed by atoms with Crippen molar-refractivity contribution in [2.45, 2.75) is 32.5 Å². The van der Waals surface area contributed by atoms with E-state index in [1.807, 2.05) is 32.8 Å². The highest BCUT2D eigenvalue weighted by Crippen LogP contribution is 2.13. The van der Waals surface area contributed by atoms with E-state index in [9.17, 15) is 4.79 Å². The minimum atomic E-state index is 0.00640. The molecule has 0 saturated carbocycles. The average Bonchev–Trinajstić information content (AvgIpc) is 2.46. The van der Waals surface area contributed by atoms with Crippen LogP contribution in [0.2, 0.25) is 0 Å². The third-order valence-corrected chi connectivity index (χ3v) is 3.85. The van der Waals surface area contributed by atoms with Crippen LogP contribution in [0, 0.1) is 0 Å². The molecule has 2 amide bonds. The van der Waals surface area contributed by atoms with E-state index in [4.69, 9.17) is 4.74 Å². The zero-order chi connectivity index (χ0) is 16.1. The number of morpholine rings is 1. The molecule has 1 fully saturated rings. The quantitative estimate of drug-likeness (QED) is 0.926. The molecule has 0 bridgehead atoms. The number of carbonyl (C=O) groups is 1. The molecule has 22 heavy (non-hydrogen) atoms. The summed E-state index contributed by atoms with van der Waals surface area (Å²) >= 11 is 0. The number of rotatable bonds is 4. The van der Waals surface area contributed by atoms with Gasteiger partial charge < -0.3 is 19.9 Å². The van der Waals surface area contributed by atoms with Crippen molar-refractivity contribution in [1.82, 2.24) is 10.2 Å². The summed E-state index contributed by atoms with van der Waals surface area (Å²) in [4.78, 5) is 16.1. The molecular formula is C17H27N3O2. The Balaban J connectivity index is 1.77. The molecule has 2 atom stereocenters. The van der Waals surface area contributed by atoms with Gasteiger partial charge in [0.2, 0.25) is 0 Å². The maximum atomic E-state index is 12.2. The maximum absolute atomic E-state index is 12.2. The SMILES string of the molecule is C[C@@H]1CN(C(=O)NCCc2ccc(N(C)C)cc2)C[C@@H](C)O1. The van der Waals surface area contributed by atoms with Crippen molar-refractivity contribution in [3.8, 4) is 0 Å². The van der Waals surface area contributed by atoms with E-state index >= 15 is 0 Å². The number of urea groups is 1. The number of hydrogen-bond donors (Lipinski definition) is 1. The third-order valence-electron chi connectivity index (χ3n) is 3.85. The Morgan fingerprint density at radius 1 is 1.23 bits per heavy atom. The lowest BCUT2D eigenvalue weighted by molar-refractivity contribution is -0.0544.